The summed E-state index contributed by atoms with van der Waals surface area (Å²) in [5, 5.41) is 15.1. The van der Waals surface area contributed by atoms with E-state index in [-0.39, 0.29) is 24.9 Å². The van der Waals surface area contributed by atoms with Gasteiger partial charge < -0.3 is 20.5 Å². The molecule has 2 amide bonds. The van der Waals surface area contributed by atoms with Crippen molar-refractivity contribution < 1.29 is 24.2 Å². The van der Waals surface area contributed by atoms with Crippen molar-refractivity contribution in [2.45, 2.75) is 24.8 Å². The van der Waals surface area contributed by atoms with Crippen molar-refractivity contribution in [3.63, 3.8) is 0 Å². The molecule has 0 unspecified atom stereocenters. The molecule has 1 atom stereocenters. The minimum absolute atomic E-state index is 0.0129. The van der Waals surface area contributed by atoms with Gasteiger partial charge in [-0.25, -0.2) is 9.59 Å². The number of nitrogens with one attached hydrogen (secondary N) is 2. The van der Waals surface area contributed by atoms with Crippen LogP contribution in [0, 0.1) is 0 Å². The second-order valence-corrected chi connectivity index (χ2v) is 9.86. The molecule has 39 heavy (non-hydrogen) atoms. The Morgan fingerprint density at radius 1 is 0.897 bits per heavy atom. The zero-order chi connectivity index (χ0) is 26.9. The number of aliphatic carboxylic acids is 1. The fourth-order valence-electron chi connectivity index (χ4n) is 5.46. The Morgan fingerprint density at radius 3 is 2.21 bits per heavy atom. The van der Waals surface area contributed by atoms with E-state index in [4.69, 9.17) is 4.74 Å². The fourth-order valence-corrected chi connectivity index (χ4v) is 5.46. The van der Waals surface area contributed by atoms with E-state index in [9.17, 15) is 19.5 Å². The maximum Gasteiger partial charge on any atom is 0.407 e. The predicted octanol–water partition coefficient (Wildman–Crippen LogP) is 5.38. The van der Waals surface area contributed by atoms with E-state index in [0.717, 1.165) is 50.2 Å². The third-order valence-corrected chi connectivity index (χ3v) is 7.39. The first-order valence-corrected chi connectivity index (χ1v) is 12.8. The average Bonchev–Trinajstić information content (AvgIpc) is 3.48. The molecule has 0 fully saturated rings. The number of hydrogen-bond donors (Lipinski definition) is 3. The molecule has 7 nitrogen and oxygen atoms in total. The lowest BCUT2D eigenvalue weighted by Crippen LogP contribution is -2.42. The van der Waals surface area contributed by atoms with Crippen molar-refractivity contribution >= 4 is 23.7 Å². The number of fused-ring (bicyclic) bond motifs is 4. The van der Waals surface area contributed by atoms with Crippen LogP contribution in [0.3, 0.4) is 0 Å². The number of benzene rings is 4. The first-order valence-electron chi connectivity index (χ1n) is 12.8. The van der Waals surface area contributed by atoms with Crippen molar-refractivity contribution in [2.24, 2.45) is 0 Å². The highest BCUT2D eigenvalue weighted by atomic mass is 16.5. The van der Waals surface area contributed by atoms with Crippen LogP contribution in [-0.4, -0.2) is 35.7 Å². The summed E-state index contributed by atoms with van der Waals surface area (Å²) in [4.78, 5) is 36.2. The van der Waals surface area contributed by atoms with Gasteiger partial charge in [-0.05, 0) is 56.6 Å². The molecule has 0 radical (unpaired) electrons. The fraction of sp³-hybridized carbons (Fsp3) is 0.156. The van der Waals surface area contributed by atoms with Gasteiger partial charge in [-0.15, -0.1) is 0 Å². The van der Waals surface area contributed by atoms with Crippen LogP contribution in [-0.2, 0) is 27.2 Å². The summed E-state index contributed by atoms with van der Waals surface area (Å²) >= 11 is 0. The molecule has 6 rings (SSSR count). The maximum absolute atomic E-state index is 12.7. The van der Waals surface area contributed by atoms with E-state index in [1.165, 1.54) is 0 Å². The topological polar surface area (TPSA) is 105 Å². The number of hydrogen-bond acceptors (Lipinski definition) is 4. The highest BCUT2D eigenvalue weighted by molar-refractivity contribution is 5.99. The van der Waals surface area contributed by atoms with Crippen LogP contribution in [0.2, 0.25) is 0 Å². The largest absolute Gasteiger partial charge is 0.480 e. The Hall–Kier alpha value is -4.91. The molecule has 0 spiro atoms. The highest BCUT2D eigenvalue weighted by Gasteiger charge is 2.30. The summed E-state index contributed by atoms with van der Waals surface area (Å²) in [7, 11) is 0. The van der Waals surface area contributed by atoms with E-state index in [0.29, 0.717) is 6.42 Å². The molecule has 1 aliphatic carbocycles. The summed E-state index contributed by atoms with van der Waals surface area (Å²) in [6.45, 7) is 0.114. The first kappa shape index (κ1) is 24.4. The van der Waals surface area contributed by atoms with Crippen LogP contribution >= 0.6 is 0 Å². The molecule has 4 aromatic rings. The standard InChI is InChI=1S/C32H26N2O5/c35-30-17-22-16-21(13-14-28(22)33-30)20-11-9-19(10-12-20)15-29(31(36)37)34-32(38)39-18-27-25-7-3-1-5-23(25)24-6-2-4-8-26(24)27/h1-14,16,27,29H,15,17-18H2,(H,33,35)(H,34,38)(H,36,37)/t29-/m0/s1. The summed E-state index contributed by atoms with van der Waals surface area (Å²) in [6.07, 6.45) is -0.284. The van der Waals surface area contributed by atoms with Gasteiger partial charge in [0.05, 0.1) is 6.42 Å². The predicted molar refractivity (Wildman–Crippen MR) is 148 cm³/mol. The first-order chi connectivity index (χ1) is 19.0. The molecule has 0 aromatic heterocycles. The molecule has 1 aliphatic heterocycles. The summed E-state index contributed by atoms with van der Waals surface area (Å²) in [5.41, 5.74) is 8.92. The molecular weight excluding hydrogens is 492 g/mol. The van der Waals surface area contributed by atoms with Gasteiger partial charge in [-0.1, -0.05) is 78.9 Å². The quantitative estimate of drug-likeness (QED) is 0.305. The molecule has 2 aliphatic rings. The number of carboxylic acids is 1. The molecule has 4 aromatic carbocycles. The van der Waals surface area contributed by atoms with Gasteiger partial charge in [0.25, 0.3) is 0 Å². The summed E-state index contributed by atoms with van der Waals surface area (Å²) in [6, 6.07) is 28.3. The zero-order valence-electron chi connectivity index (χ0n) is 21.0. The third kappa shape index (κ3) is 4.86. The van der Waals surface area contributed by atoms with E-state index in [1.54, 1.807) is 0 Å². The van der Waals surface area contributed by atoms with E-state index in [1.807, 2.05) is 78.9 Å². The molecule has 0 saturated carbocycles. The van der Waals surface area contributed by atoms with Gasteiger partial charge >= 0.3 is 12.1 Å². The highest BCUT2D eigenvalue weighted by Crippen LogP contribution is 2.44. The molecule has 194 valence electrons. The number of carbonyl (C=O) groups is 3. The molecule has 1 heterocycles. The van der Waals surface area contributed by atoms with Crippen LogP contribution in [0.25, 0.3) is 22.3 Å². The van der Waals surface area contributed by atoms with Crippen molar-refractivity contribution in [1.82, 2.24) is 5.32 Å². The number of amides is 2. The third-order valence-electron chi connectivity index (χ3n) is 7.39. The van der Waals surface area contributed by atoms with Crippen molar-refractivity contribution in [1.29, 1.82) is 0 Å². The Morgan fingerprint density at radius 2 is 1.54 bits per heavy atom. The van der Waals surface area contributed by atoms with E-state index < -0.39 is 18.1 Å². The van der Waals surface area contributed by atoms with Crippen LogP contribution in [0.15, 0.2) is 91.0 Å². The molecule has 0 bridgehead atoms. The number of ether oxygens (including phenoxy) is 1. The molecular formula is C32H26N2O5. The lowest BCUT2D eigenvalue weighted by Gasteiger charge is -2.18. The Balaban J connectivity index is 1.09. The number of rotatable bonds is 7. The number of carbonyl (C=O) groups excluding carboxylic acids is 2. The van der Waals surface area contributed by atoms with Crippen LogP contribution in [0.4, 0.5) is 10.5 Å². The zero-order valence-corrected chi connectivity index (χ0v) is 21.0. The lowest BCUT2D eigenvalue weighted by atomic mass is 9.98. The van der Waals surface area contributed by atoms with Crippen molar-refractivity contribution in [2.75, 3.05) is 11.9 Å². The smallest absolute Gasteiger partial charge is 0.407 e. The van der Waals surface area contributed by atoms with E-state index in [2.05, 4.69) is 22.8 Å². The normalized spacial score (nSPS) is 14.1. The van der Waals surface area contributed by atoms with Gasteiger partial charge in [0, 0.05) is 18.0 Å². The van der Waals surface area contributed by atoms with Gasteiger partial charge in [0.2, 0.25) is 5.91 Å². The minimum atomic E-state index is -1.14. The van der Waals surface area contributed by atoms with Gasteiger partial charge in [-0.3, -0.25) is 4.79 Å². The number of anilines is 1. The molecule has 0 saturated heterocycles. The summed E-state index contributed by atoms with van der Waals surface area (Å²) < 4.78 is 5.54. The molecule has 3 N–H and O–H groups in total. The second kappa shape index (κ2) is 10.1. The number of alkyl carbamates (subject to hydrolysis) is 1. The van der Waals surface area contributed by atoms with Crippen LogP contribution in [0.1, 0.15) is 28.2 Å². The van der Waals surface area contributed by atoms with Gasteiger partial charge in [0.1, 0.15) is 12.6 Å². The van der Waals surface area contributed by atoms with Crippen molar-refractivity contribution in [3.8, 4) is 22.3 Å². The van der Waals surface area contributed by atoms with Crippen LogP contribution in [0.5, 0.6) is 0 Å². The monoisotopic (exact) mass is 518 g/mol. The average molecular weight is 519 g/mol. The Bertz CT molecular complexity index is 1550. The maximum atomic E-state index is 12.7. The lowest BCUT2D eigenvalue weighted by molar-refractivity contribution is -0.139. The SMILES string of the molecule is O=C1Cc2cc(-c3ccc(C[C@H](NC(=O)OCC4c5ccccc5-c5ccccc54)C(=O)O)cc3)ccc2N1. The minimum Gasteiger partial charge on any atom is -0.480 e. The number of carboxylic acid groups (broad SMARTS) is 1. The Labute approximate surface area is 225 Å². The molecule has 7 heteroatoms. The Kier molecular flexibility index (Phi) is 6.32. The van der Waals surface area contributed by atoms with Crippen LogP contribution < -0.4 is 10.6 Å². The van der Waals surface area contributed by atoms with Gasteiger partial charge in [0.15, 0.2) is 0 Å². The van der Waals surface area contributed by atoms with Gasteiger partial charge in [-0.2, -0.15) is 0 Å². The van der Waals surface area contributed by atoms with E-state index >= 15 is 0 Å². The second-order valence-electron chi connectivity index (χ2n) is 9.86. The van der Waals surface area contributed by atoms with Crippen molar-refractivity contribution in [3.05, 3.63) is 113 Å². The summed E-state index contributed by atoms with van der Waals surface area (Å²) in [5.74, 6) is -1.25.